The molecule has 0 saturated heterocycles. The van der Waals surface area contributed by atoms with E-state index in [1.54, 1.807) is 36.4 Å². The van der Waals surface area contributed by atoms with Crippen LogP contribution in [0.1, 0.15) is 137 Å². The molecule has 3 aromatic rings. The summed E-state index contributed by atoms with van der Waals surface area (Å²) >= 11 is 0. The molecule has 0 N–H and O–H groups in total. The van der Waals surface area contributed by atoms with Crippen molar-refractivity contribution >= 4 is 11.9 Å². The topological polar surface area (TPSA) is 52.6 Å². The fraction of sp³-hybridized carbons (Fsp3) is 0.487. The number of benzene rings is 3. The van der Waals surface area contributed by atoms with Crippen LogP contribution in [0.3, 0.4) is 0 Å². The van der Waals surface area contributed by atoms with Crippen LogP contribution in [0.5, 0.6) is 5.75 Å². The standard InChI is InChI=1S/C39H52O4/c1-4-7-9-11-12-13-14-15-17-31-19-21-32(22-20-31)33-23-25-34(26-24-33)39(41)43-37-29-27-35(28-30-37)38(40)42-36(6-3)18-16-10-8-5-2/h19-30,36H,4-18H2,1-3H3. The lowest BCUT2D eigenvalue weighted by molar-refractivity contribution is 0.0267. The van der Waals surface area contributed by atoms with Crippen molar-refractivity contribution in [3.63, 3.8) is 0 Å². The summed E-state index contributed by atoms with van der Waals surface area (Å²) < 4.78 is 11.3. The van der Waals surface area contributed by atoms with Crippen LogP contribution in [0.2, 0.25) is 0 Å². The Morgan fingerprint density at radius 2 is 1.05 bits per heavy atom. The van der Waals surface area contributed by atoms with Crippen molar-refractivity contribution in [3.05, 3.63) is 89.5 Å². The molecule has 0 bridgehead atoms. The average molecular weight is 585 g/mol. The minimum atomic E-state index is -0.430. The third-order valence-corrected chi connectivity index (χ3v) is 8.14. The van der Waals surface area contributed by atoms with Crippen molar-refractivity contribution in [1.29, 1.82) is 0 Å². The highest BCUT2D eigenvalue weighted by Crippen LogP contribution is 2.23. The minimum Gasteiger partial charge on any atom is -0.459 e. The van der Waals surface area contributed by atoms with Crippen molar-refractivity contribution < 1.29 is 19.1 Å². The molecule has 3 aromatic carbocycles. The van der Waals surface area contributed by atoms with Crippen molar-refractivity contribution in [2.75, 3.05) is 0 Å². The molecule has 0 aliphatic rings. The van der Waals surface area contributed by atoms with Crippen molar-refractivity contribution in [1.82, 2.24) is 0 Å². The van der Waals surface area contributed by atoms with Gasteiger partial charge < -0.3 is 9.47 Å². The van der Waals surface area contributed by atoms with Crippen LogP contribution < -0.4 is 4.74 Å². The van der Waals surface area contributed by atoms with Crippen LogP contribution in [0, 0.1) is 0 Å². The van der Waals surface area contributed by atoms with Crippen LogP contribution >= 0.6 is 0 Å². The Labute approximate surface area is 260 Å². The first-order chi connectivity index (χ1) is 21.0. The molecule has 1 unspecified atom stereocenters. The van der Waals surface area contributed by atoms with Gasteiger partial charge in [0.15, 0.2) is 0 Å². The number of aryl methyl sites for hydroxylation is 1. The van der Waals surface area contributed by atoms with E-state index in [4.69, 9.17) is 9.47 Å². The number of ether oxygens (including phenoxy) is 2. The molecule has 1 atom stereocenters. The number of unbranched alkanes of at least 4 members (excludes halogenated alkanes) is 10. The van der Waals surface area contributed by atoms with E-state index in [0.717, 1.165) is 36.8 Å². The Morgan fingerprint density at radius 1 is 0.558 bits per heavy atom. The first-order valence-corrected chi connectivity index (χ1v) is 16.8. The SMILES string of the molecule is CCCCCCCCCCc1ccc(-c2ccc(C(=O)Oc3ccc(C(=O)OC(CC)CCCCCC)cc3)cc2)cc1. The molecule has 0 radical (unpaired) electrons. The quantitative estimate of drug-likeness (QED) is 0.0753. The molecule has 0 amide bonds. The zero-order chi connectivity index (χ0) is 30.7. The van der Waals surface area contributed by atoms with Crippen molar-refractivity contribution in [2.24, 2.45) is 0 Å². The second-order valence-electron chi connectivity index (χ2n) is 11.7. The lowest BCUT2D eigenvalue weighted by atomic mass is 10.00. The summed E-state index contributed by atoms with van der Waals surface area (Å²) in [6.07, 6.45) is 18.1. The Hall–Kier alpha value is -3.40. The van der Waals surface area contributed by atoms with Crippen LogP contribution in [0.15, 0.2) is 72.8 Å². The largest absolute Gasteiger partial charge is 0.459 e. The van der Waals surface area contributed by atoms with Crippen LogP contribution in [-0.2, 0) is 11.2 Å². The monoisotopic (exact) mass is 584 g/mol. The van der Waals surface area contributed by atoms with E-state index in [1.165, 1.54) is 76.2 Å². The summed E-state index contributed by atoms with van der Waals surface area (Å²) in [5.74, 6) is -0.373. The summed E-state index contributed by atoms with van der Waals surface area (Å²) in [6.45, 7) is 6.49. The Morgan fingerprint density at radius 3 is 1.63 bits per heavy atom. The Bertz CT molecular complexity index is 1200. The van der Waals surface area contributed by atoms with Gasteiger partial charge >= 0.3 is 11.9 Å². The Balaban J connectivity index is 1.44. The molecule has 0 saturated carbocycles. The maximum absolute atomic E-state index is 12.8. The predicted molar refractivity (Wildman–Crippen MR) is 178 cm³/mol. The van der Waals surface area contributed by atoms with E-state index in [9.17, 15) is 9.59 Å². The fourth-order valence-electron chi connectivity index (χ4n) is 5.32. The molecule has 3 rings (SSSR count). The second kappa shape index (κ2) is 19.7. The number of carbonyl (C=O) groups excluding carboxylic acids is 2. The minimum absolute atomic E-state index is 0.0671. The van der Waals surface area contributed by atoms with E-state index in [2.05, 4.69) is 38.1 Å². The van der Waals surface area contributed by atoms with Crippen LogP contribution in [0.25, 0.3) is 11.1 Å². The number of esters is 2. The highest BCUT2D eigenvalue weighted by Gasteiger charge is 2.15. The zero-order valence-electron chi connectivity index (χ0n) is 26.7. The van der Waals surface area contributed by atoms with Gasteiger partial charge in [-0.15, -0.1) is 0 Å². The lowest BCUT2D eigenvalue weighted by Crippen LogP contribution is -2.17. The smallest absolute Gasteiger partial charge is 0.343 e. The van der Waals surface area contributed by atoms with Gasteiger partial charge in [0, 0.05) is 0 Å². The molecule has 0 spiro atoms. The highest BCUT2D eigenvalue weighted by atomic mass is 16.5. The van der Waals surface area contributed by atoms with E-state index in [-0.39, 0.29) is 12.1 Å². The molecule has 0 heterocycles. The summed E-state index contributed by atoms with van der Waals surface area (Å²) in [7, 11) is 0. The van der Waals surface area contributed by atoms with Gasteiger partial charge in [0.25, 0.3) is 0 Å². The van der Waals surface area contributed by atoms with Gasteiger partial charge in [-0.25, -0.2) is 9.59 Å². The second-order valence-corrected chi connectivity index (χ2v) is 11.7. The van der Waals surface area contributed by atoms with Gasteiger partial charge in [0.2, 0.25) is 0 Å². The van der Waals surface area contributed by atoms with E-state index in [1.807, 2.05) is 19.1 Å². The molecule has 4 heteroatoms. The lowest BCUT2D eigenvalue weighted by Gasteiger charge is -2.16. The highest BCUT2D eigenvalue weighted by molar-refractivity contribution is 5.92. The predicted octanol–water partition coefficient (Wildman–Crippen LogP) is 11.2. The molecule has 0 fully saturated rings. The Kier molecular flexibility index (Phi) is 15.6. The normalized spacial score (nSPS) is 11.7. The average Bonchev–Trinajstić information content (AvgIpc) is 3.04. The zero-order valence-corrected chi connectivity index (χ0v) is 26.7. The maximum Gasteiger partial charge on any atom is 0.343 e. The molecular weight excluding hydrogens is 532 g/mol. The number of hydrogen-bond acceptors (Lipinski definition) is 4. The molecule has 4 nitrogen and oxygen atoms in total. The van der Waals surface area contributed by atoms with E-state index < -0.39 is 5.97 Å². The first-order valence-electron chi connectivity index (χ1n) is 16.8. The third-order valence-electron chi connectivity index (χ3n) is 8.14. The van der Waals surface area contributed by atoms with Gasteiger partial charge in [-0.2, -0.15) is 0 Å². The fourth-order valence-corrected chi connectivity index (χ4v) is 5.32. The number of hydrogen-bond donors (Lipinski definition) is 0. The maximum atomic E-state index is 12.8. The van der Waals surface area contributed by atoms with Gasteiger partial charge in [0.05, 0.1) is 11.1 Å². The summed E-state index contributed by atoms with van der Waals surface area (Å²) in [4.78, 5) is 25.4. The van der Waals surface area contributed by atoms with Gasteiger partial charge in [-0.05, 0) is 85.2 Å². The molecule has 0 aliphatic carbocycles. The third kappa shape index (κ3) is 12.4. The summed E-state index contributed by atoms with van der Waals surface area (Å²) in [5.41, 5.74) is 4.51. The number of rotatable bonds is 20. The van der Waals surface area contributed by atoms with Crippen molar-refractivity contribution in [2.45, 2.75) is 123 Å². The van der Waals surface area contributed by atoms with E-state index in [0.29, 0.717) is 16.9 Å². The summed E-state index contributed by atoms with van der Waals surface area (Å²) in [6, 6.07) is 22.8. The van der Waals surface area contributed by atoms with Gasteiger partial charge in [-0.3, -0.25) is 0 Å². The molecule has 232 valence electrons. The van der Waals surface area contributed by atoms with Crippen LogP contribution in [-0.4, -0.2) is 18.0 Å². The molecule has 43 heavy (non-hydrogen) atoms. The van der Waals surface area contributed by atoms with Gasteiger partial charge in [0.1, 0.15) is 11.9 Å². The first kappa shape index (κ1) is 34.1. The number of carbonyl (C=O) groups is 2. The molecule has 0 aromatic heterocycles. The van der Waals surface area contributed by atoms with Crippen LogP contribution in [0.4, 0.5) is 0 Å². The van der Waals surface area contributed by atoms with Crippen molar-refractivity contribution in [3.8, 4) is 16.9 Å². The van der Waals surface area contributed by atoms with E-state index >= 15 is 0 Å². The molecule has 0 aliphatic heterocycles. The summed E-state index contributed by atoms with van der Waals surface area (Å²) in [5, 5.41) is 0. The molecular formula is C39H52O4. The van der Waals surface area contributed by atoms with Gasteiger partial charge in [-0.1, -0.05) is 121 Å².